The van der Waals surface area contributed by atoms with Crippen molar-refractivity contribution in [2.75, 3.05) is 18.9 Å². The van der Waals surface area contributed by atoms with Gasteiger partial charge >= 0.3 is 25.5 Å². The normalized spacial score (nSPS) is 31.0. The Morgan fingerprint density at radius 2 is 1.90 bits per heavy atom. The number of anilines is 1. The maximum atomic E-state index is 13.0. The smallest absolute Gasteiger partial charge is 0.475 e. The highest BCUT2D eigenvalue weighted by molar-refractivity contribution is 7.47. The molecule has 0 aromatic carbocycles. The second-order valence-corrected chi connectivity index (χ2v) is 12.2. The Morgan fingerprint density at radius 3 is 2.49 bits per heavy atom. The molecule has 0 spiro atoms. The predicted molar refractivity (Wildman–Crippen MR) is 150 cm³/mol. The highest BCUT2D eigenvalue weighted by Crippen LogP contribution is 2.51. The summed E-state index contributed by atoms with van der Waals surface area (Å²) in [5.74, 6) is -8.16. The number of nitrogens with zero attached hydrogens (tertiary/aromatic N) is 5. The summed E-state index contributed by atoms with van der Waals surface area (Å²) >= 11 is 0. The number of amides is 1. The number of carboxylic acids is 2. The van der Waals surface area contributed by atoms with Crippen LogP contribution in [0.5, 0.6) is 0 Å². The van der Waals surface area contributed by atoms with E-state index in [1.165, 1.54) is 6.07 Å². The average Bonchev–Trinajstić information content (AvgIpc) is 3.60. The first-order valence-corrected chi connectivity index (χ1v) is 15.4. The Morgan fingerprint density at radius 1 is 1.20 bits per heavy atom. The summed E-state index contributed by atoms with van der Waals surface area (Å²) in [5.41, 5.74) is 3.93. The van der Waals surface area contributed by atoms with Crippen molar-refractivity contribution in [3.05, 3.63) is 34.6 Å². The van der Waals surface area contributed by atoms with Crippen LogP contribution in [-0.2, 0) is 39.2 Å². The number of carbonyl (C=O) groups is 3. The Balaban J connectivity index is 1.50. The highest BCUT2D eigenvalue weighted by Gasteiger charge is 2.59. The van der Waals surface area contributed by atoms with E-state index in [0.29, 0.717) is 0 Å². The highest BCUT2D eigenvalue weighted by atomic mass is 31.2. The van der Waals surface area contributed by atoms with Crippen LogP contribution in [0.1, 0.15) is 23.1 Å². The van der Waals surface area contributed by atoms with E-state index in [-0.39, 0.29) is 5.82 Å². The van der Waals surface area contributed by atoms with Crippen LogP contribution in [0.25, 0.3) is 0 Å². The van der Waals surface area contributed by atoms with Crippen molar-refractivity contribution in [3.8, 4) is 0 Å². The molecule has 12 N–H and O–H groups in total. The number of aliphatic hydroxyl groups is 6. The first-order chi connectivity index (χ1) is 22.9. The van der Waals surface area contributed by atoms with Gasteiger partial charge in [0.15, 0.2) is 11.9 Å². The van der Waals surface area contributed by atoms with Crippen LogP contribution in [0.3, 0.4) is 0 Å². The largest absolute Gasteiger partial charge is 0.477 e. The molecule has 2 aliphatic heterocycles. The number of carboxylic acid groups (broad SMARTS) is 2. The Labute approximate surface area is 272 Å². The van der Waals surface area contributed by atoms with Crippen molar-refractivity contribution in [1.82, 2.24) is 29.9 Å². The topological polar surface area (TPSA) is 391 Å². The molecule has 1 amide bonds. The SMILES string of the molecule is Nc1ccn([C@@H]2O[C@H](COP(=O)(O)O[C@@]3(C(=O)O)C[C@H](O)[C@@H](NC(=O)Cn4cc(C(=O)O)nn4)[C@H]([C@H](O)[C@H](O)CO)O3)[C@@H](O)[C@H]2O)c(=O)n1. The number of aromatic carboxylic acids is 1. The van der Waals surface area contributed by atoms with Gasteiger partial charge in [0.2, 0.25) is 5.91 Å². The Hall–Kier alpha value is -3.98. The molecule has 0 saturated carbocycles. The van der Waals surface area contributed by atoms with Crippen LogP contribution in [0, 0.1) is 0 Å². The fraction of sp³-hybridized carbons (Fsp3) is 0.609. The molecule has 2 saturated heterocycles. The van der Waals surface area contributed by atoms with Crippen molar-refractivity contribution >= 4 is 31.5 Å². The maximum Gasteiger partial charge on any atom is 0.475 e. The Kier molecular flexibility index (Phi) is 11.5. The van der Waals surface area contributed by atoms with Gasteiger partial charge in [-0.3, -0.25) is 13.9 Å². The van der Waals surface area contributed by atoms with E-state index in [9.17, 15) is 64.4 Å². The lowest BCUT2D eigenvalue weighted by atomic mass is 9.88. The van der Waals surface area contributed by atoms with Crippen LogP contribution in [-0.4, -0.2) is 156 Å². The number of aliphatic hydroxyl groups excluding tert-OH is 6. The number of nitrogens with two attached hydrogens (primary N) is 1. The molecule has 11 atom stereocenters. The first-order valence-electron chi connectivity index (χ1n) is 13.9. The third kappa shape index (κ3) is 8.43. The minimum atomic E-state index is -5.63. The van der Waals surface area contributed by atoms with Crippen LogP contribution in [0.15, 0.2) is 23.3 Å². The maximum absolute atomic E-state index is 13.0. The van der Waals surface area contributed by atoms with Gasteiger partial charge in [-0.25, -0.2) is 28.2 Å². The second kappa shape index (κ2) is 14.9. The standard InChI is InChI=1S/C23H32N7O18P/c24-12-1-2-30(22(42)25-12)19-17(37)16(36)11(46-19)7-45-49(43,44)48-23(21(40)41)3-9(32)14(18(47-23)15(35)10(33)6-31)26-13(34)5-29-4-8(20(38)39)27-28-29/h1-2,4,9-11,14-19,31-33,35-37H,3,5-7H2,(H,26,34)(H,38,39)(H,40,41)(H,43,44)(H2,24,25,42)/t9-,10+,11+,14+,15+,16+,17+,18+,19+,23+/m0/s1. The van der Waals surface area contributed by atoms with Gasteiger partial charge in [-0.2, -0.15) is 4.98 Å². The molecular formula is C23H32N7O18P. The van der Waals surface area contributed by atoms with Crippen molar-refractivity contribution in [3.63, 3.8) is 0 Å². The number of hydrogen-bond acceptors (Lipinski definition) is 19. The number of hydrogen-bond donors (Lipinski definition) is 11. The number of aliphatic carboxylic acids is 1. The van der Waals surface area contributed by atoms with E-state index in [4.69, 9.17) is 29.4 Å². The molecule has 49 heavy (non-hydrogen) atoms. The van der Waals surface area contributed by atoms with Gasteiger partial charge in [-0.15, -0.1) is 5.10 Å². The molecular weight excluding hydrogens is 693 g/mol. The van der Waals surface area contributed by atoms with E-state index >= 15 is 0 Å². The minimum Gasteiger partial charge on any atom is -0.477 e. The zero-order valence-electron chi connectivity index (χ0n) is 24.7. The van der Waals surface area contributed by atoms with Crippen molar-refractivity contribution in [2.45, 2.75) is 73.8 Å². The van der Waals surface area contributed by atoms with Gasteiger partial charge in [0.25, 0.3) is 5.79 Å². The predicted octanol–water partition coefficient (Wildman–Crippen LogP) is -6.30. The third-order valence-corrected chi connectivity index (χ3v) is 8.34. The number of nitrogen functional groups attached to an aromatic ring is 1. The van der Waals surface area contributed by atoms with E-state index < -0.39 is 124 Å². The molecule has 0 radical (unpaired) electrons. The molecule has 4 rings (SSSR count). The Bertz CT molecular complexity index is 1640. The zero-order valence-corrected chi connectivity index (χ0v) is 25.6. The van der Waals surface area contributed by atoms with Gasteiger partial charge < -0.3 is 66.3 Å². The number of carbonyl (C=O) groups excluding carboxylic acids is 1. The van der Waals surface area contributed by atoms with Crippen LogP contribution in [0.4, 0.5) is 5.82 Å². The summed E-state index contributed by atoms with van der Waals surface area (Å²) in [6, 6.07) is -0.617. The molecule has 25 nitrogen and oxygen atoms in total. The molecule has 2 aromatic heterocycles. The average molecular weight is 726 g/mol. The molecule has 0 bridgehead atoms. The van der Waals surface area contributed by atoms with E-state index in [1.54, 1.807) is 0 Å². The molecule has 1 unspecified atom stereocenters. The van der Waals surface area contributed by atoms with Gasteiger partial charge in [-0.1, -0.05) is 5.21 Å². The lowest BCUT2D eigenvalue weighted by molar-refractivity contribution is -0.289. The van der Waals surface area contributed by atoms with Crippen LogP contribution < -0.4 is 16.7 Å². The number of ether oxygens (including phenoxy) is 2. The third-order valence-electron chi connectivity index (χ3n) is 7.34. The summed E-state index contributed by atoms with van der Waals surface area (Å²) in [7, 11) is -5.63. The second-order valence-electron chi connectivity index (χ2n) is 10.8. The quantitative estimate of drug-likeness (QED) is 0.0807. The molecule has 26 heteroatoms. The fourth-order valence-corrected chi connectivity index (χ4v) is 5.89. The number of phosphoric acid groups is 1. The summed E-state index contributed by atoms with van der Waals surface area (Å²) in [6.07, 6.45) is -14.7. The summed E-state index contributed by atoms with van der Waals surface area (Å²) in [6.45, 7) is -2.94. The van der Waals surface area contributed by atoms with Gasteiger partial charge in [0.05, 0.1) is 31.6 Å². The van der Waals surface area contributed by atoms with Crippen molar-refractivity contribution in [1.29, 1.82) is 0 Å². The van der Waals surface area contributed by atoms with Crippen LogP contribution in [0.2, 0.25) is 0 Å². The molecule has 0 aliphatic carbocycles. The van der Waals surface area contributed by atoms with E-state index in [1.807, 2.05) is 0 Å². The number of aromatic nitrogens is 5. The monoisotopic (exact) mass is 725 g/mol. The molecule has 2 aromatic rings. The minimum absolute atomic E-state index is 0.160. The van der Waals surface area contributed by atoms with E-state index in [0.717, 1.165) is 21.6 Å². The molecule has 2 aliphatic rings. The molecule has 2 fully saturated rings. The molecule has 4 heterocycles. The van der Waals surface area contributed by atoms with Gasteiger partial charge in [0.1, 0.15) is 49.0 Å². The van der Waals surface area contributed by atoms with E-state index in [2.05, 4.69) is 20.6 Å². The number of rotatable bonds is 14. The lowest BCUT2D eigenvalue weighted by Crippen LogP contribution is -2.68. The van der Waals surface area contributed by atoms with Gasteiger partial charge in [-0.05, 0) is 6.07 Å². The molecule has 272 valence electrons. The first kappa shape index (κ1) is 37.8. The van der Waals surface area contributed by atoms with Gasteiger partial charge in [0, 0.05) is 12.6 Å². The van der Waals surface area contributed by atoms with Crippen molar-refractivity contribution < 1.29 is 83.2 Å². The summed E-state index contributed by atoms with van der Waals surface area (Å²) in [5, 5.41) is 89.7. The summed E-state index contributed by atoms with van der Waals surface area (Å²) < 4.78 is 34.8. The lowest BCUT2D eigenvalue weighted by Gasteiger charge is -2.46. The van der Waals surface area contributed by atoms with Crippen molar-refractivity contribution in [2.24, 2.45) is 0 Å². The fourth-order valence-electron chi connectivity index (χ4n) is 4.93. The summed E-state index contributed by atoms with van der Waals surface area (Å²) in [4.78, 5) is 62.2. The number of phosphoric ester groups is 1. The van der Waals surface area contributed by atoms with Crippen LogP contribution >= 0.6 is 7.82 Å². The number of nitrogens with one attached hydrogen (secondary N) is 1. The zero-order chi connectivity index (χ0) is 36.4.